The van der Waals surface area contributed by atoms with Crippen LogP contribution in [0.15, 0.2) is 48.5 Å². The predicted octanol–water partition coefficient (Wildman–Crippen LogP) is 3.96. The molecule has 2 aromatic carbocycles. The van der Waals surface area contributed by atoms with E-state index in [1.807, 2.05) is 69.3 Å². The molecule has 0 bridgehead atoms. The number of carbonyl (C=O) groups excluding carboxylic acids is 2. The molecule has 0 aliphatic rings. The molecule has 0 saturated heterocycles. The van der Waals surface area contributed by atoms with Gasteiger partial charge in [0.2, 0.25) is 0 Å². The molecule has 1 aromatic heterocycles. The summed E-state index contributed by atoms with van der Waals surface area (Å²) in [5, 5.41) is 7.20. The van der Waals surface area contributed by atoms with Crippen molar-refractivity contribution < 1.29 is 14.3 Å². The Labute approximate surface area is 170 Å². The molecule has 3 aromatic rings. The Morgan fingerprint density at radius 1 is 1.00 bits per heavy atom. The normalized spacial score (nSPS) is 10.6. The van der Waals surface area contributed by atoms with Crippen molar-refractivity contribution in [2.45, 2.75) is 34.2 Å². The van der Waals surface area contributed by atoms with Crippen LogP contribution in [0.2, 0.25) is 0 Å². The molecule has 6 heteroatoms. The first-order chi connectivity index (χ1) is 13.8. The highest BCUT2D eigenvalue weighted by atomic mass is 16.5. The topological polar surface area (TPSA) is 73.2 Å². The van der Waals surface area contributed by atoms with Gasteiger partial charge in [0.15, 0.2) is 6.61 Å². The number of aryl methyl sites for hydroxylation is 3. The van der Waals surface area contributed by atoms with Gasteiger partial charge in [-0.3, -0.25) is 9.48 Å². The van der Waals surface area contributed by atoms with Crippen molar-refractivity contribution >= 4 is 17.6 Å². The van der Waals surface area contributed by atoms with Crippen molar-refractivity contribution in [3.05, 3.63) is 82.2 Å². The summed E-state index contributed by atoms with van der Waals surface area (Å²) in [5.41, 5.74) is 5.69. The Bertz CT molecular complexity index is 1040. The third-order valence-electron chi connectivity index (χ3n) is 4.89. The summed E-state index contributed by atoms with van der Waals surface area (Å²) in [6.07, 6.45) is 0. The molecule has 0 saturated carbocycles. The van der Waals surface area contributed by atoms with Crippen molar-refractivity contribution in [2.24, 2.45) is 0 Å². The van der Waals surface area contributed by atoms with Crippen LogP contribution in [0.5, 0.6) is 0 Å². The Hall–Kier alpha value is -3.41. The summed E-state index contributed by atoms with van der Waals surface area (Å²) < 4.78 is 7.01. The van der Waals surface area contributed by atoms with E-state index in [2.05, 4.69) is 10.4 Å². The van der Waals surface area contributed by atoms with E-state index < -0.39 is 5.97 Å². The lowest BCUT2D eigenvalue weighted by Crippen LogP contribution is -2.21. The van der Waals surface area contributed by atoms with E-state index in [1.165, 1.54) is 0 Å². The Kier molecular flexibility index (Phi) is 6.12. The first-order valence-electron chi connectivity index (χ1n) is 9.47. The van der Waals surface area contributed by atoms with Crippen molar-refractivity contribution in [1.82, 2.24) is 9.78 Å². The van der Waals surface area contributed by atoms with Gasteiger partial charge in [-0.2, -0.15) is 5.10 Å². The maximum atomic E-state index is 12.6. The maximum Gasteiger partial charge on any atom is 0.342 e. The van der Waals surface area contributed by atoms with E-state index in [-0.39, 0.29) is 12.5 Å². The minimum Gasteiger partial charge on any atom is -0.452 e. The van der Waals surface area contributed by atoms with Crippen LogP contribution in [0.4, 0.5) is 5.69 Å². The second-order valence-electron chi connectivity index (χ2n) is 7.11. The third kappa shape index (κ3) is 4.90. The van der Waals surface area contributed by atoms with E-state index >= 15 is 0 Å². The molecule has 0 spiro atoms. The maximum absolute atomic E-state index is 12.6. The Morgan fingerprint density at radius 2 is 1.72 bits per heavy atom. The zero-order valence-corrected chi connectivity index (χ0v) is 17.2. The monoisotopic (exact) mass is 391 g/mol. The summed E-state index contributed by atoms with van der Waals surface area (Å²) in [6, 6.07) is 15.5. The number of hydrogen-bond donors (Lipinski definition) is 1. The number of anilines is 1. The highest BCUT2D eigenvalue weighted by Gasteiger charge is 2.21. The number of rotatable bonds is 6. The molecule has 0 unspecified atom stereocenters. The van der Waals surface area contributed by atoms with Gasteiger partial charge >= 0.3 is 5.97 Å². The van der Waals surface area contributed by atoms with Crippen LogP contribution in [-0.2, 0) is 16.1 Å². The number of amides is 1. The highest BCUT2D eigenvalue weighted by Crippen LogP contribution is 2.17. The van der Waals surface area contributed by atoms with Gasteiger partial charge in [-0.1, -0.05) is 36.4 Å². The summed E-state index contributed by atoms with van der Waals surface area (Å²) in [6.45, 7) is 7.78. The van der Waals surface area contributed by atoms with Crippen molar-refractivity contribution in [2.75, 3.05) is 11.9 Å². The second kappa shape index (κ2) is 8.73. The van der Waals surface area contributed by atoms with Gasteiger partial charge < -0.3 is 10.1 Å². The number of benzene rings is 2. The molecule has 29 heavy (non-hydrogen) atoms. The molecular formula is C23H25N3O3. The van der Waals surface area contributed by atoms with Crippen LogP contribution in [-0.4, -0.2) is 28.3 Å². The molecule has 1 amide bonds. The predicted molar refractivity (Wildman–Crippen MR) is 112 cm³/mol. The van der Waals surface area contributed by atoms with Gasteiger partial charge in [0.25, 0.3) is 5.91 Å². The highest BCUT2D eigenvalue weighted by molar-refractivity contribution is 5.96. The van der Waals surface area contributed by atoms with Gasteiger partial charge in [0.1, 0.15) is 5.56 Å². The summed E-state index contributed by atoms with van der Waals surface area (Å²) >= 11 is 0. The Morgan fingerprint density at radius 3 is 2.41 bits per heavy atom. The Balaban J connectivity index is 1.63. The number of carbonyl (C=O) groups is 2. The minimum absolute atomic E-state index is 0.353. The summed E-state index contributed by atoms with van der Waals surface area (Å²) in [7, 11) is 0. The first-order valence-corrected chi connectivity index (χ1v) is 9.47. The lowest BCUT2D eigenvalue weighted by atomic mass is 10.1. The van der Waals surface area contributed by atoms with E-state index in [1.54, 1.807) is 11.6 Å². The van der Waals surface area contributed by atoms with Gasteiger partial charge in [-0.15, -0.1) is 0 Å². The van der Waals surface area contributed by atoms with Crippen molar-refractivity contribution in [1.29, 1.82) is 0 Å². The molecule has 0 atom stereocenters. The number of hydrogen-bond acceptors (Lipinski definition) is 4. The molecule has 0 aliphatic heterocycles. The molecule has 0 radical (unpaired) electrons. The van der Waals surface area contributed by atoms with Gasteiger partial charge in [-0.25, -0.2) is 4.79 Å². The lowest BCUT2D eigenvalue weighted by molar-refractivity contribution is -0.119. The quantitative estimate of drug-likeness (QED) is 0.646. The van der Waals surface area contributed by atoms with Crippen LogP contribution in [0.1, 0.15) is 38.4 Å². The average molecular weight is 391 g/mol. The molecular weight excluding hydrogens is 366 g/mol. The summed E-state index contributed by atoms with van der Waals surface area (Å²) in [5.74, 6) is -0.928. The molecule has 3 rings (SSSR count). The fraction of sp³-hybridized carbons (Fsp3) is 0.261. The lowest BCUT2D eigenvalue weighted by Gasteiger charge is -2.09. The van der Waals surface area contributed by atoms with Crippen LogP contribution >= 0.6 is 0 Å². The van der Waals surface area contributed by atoms with Gasteiger partial charge in [0, 0.05) is 5.69 Å². The van der Waals surface area contributed by atoms with E-state index in [0.717, 1.165) is 16.7 Å². The van der Waals surface area contributed by atoms with Crippen LogP contribution in [0.3, 0.4) is 0 Å². The third-order valence-corrected chi connectivity index (χ3v) is 4.89. The zero-order valence-electron chi connectivity index (χ0n) is 17.2. The largest absolute Gasteiger partial charge is 0.452 e. The standard InChI is InChI=1S/C23H25N3O3/c1-15-10-11-20(12-16(15)2)24-21(27)14-29-23(28)22-17(3)25-26(18(22)4)13-19-8-6-5-7-9-19/h5-12H,13-14H2,1-4H3,(H,24,27). The van der Waals surface area contributed by atoms with E-state index in [4.69, 9.17) is 4.74 Å². The van der Waals surface area contributed by atoms with E-state index in [0.29, 0.717) is 29.2 Å². The van der Waals surface area contributed by atoms with Crippen LogP contribution in [0.25, 0.3) is 0 Å². The first kappa shape index (κ1) is 20.3. The van der Waals surface area contributed by atoms with Crippen molar-refractivity contribution in [3.8, 4) is 0 Å². The fourth-order valence-corrected chi connectivity index (χ4v) is 3.12. The molecule has 0 fully saturated rings. The number of nitrogens with one attached hydrogen (secondary N) is 1. The molecule has 6 nitrogen and oxygen atoms in total. The summed E-state index contributed by atoms with van der Waals surface area (Å²) in [4.78, 5) is 24.7. The van der Waals surface area contributed by atoms with E-state index in [9.17, 15) is 9.59 Å². The second-order valence-corrected chi connectivity index (χ2v) is 7.11. The number of ether oxygens (including phenoxy) is 1. The molecule has 1 N–H and O–H groups in total. The average Bonchev–Trinajstić information content (AvgIpc) is 2.97. The van der Waals surface area contributed by atoms with Gasteiger partial charge in [0.05, 0.1) is 17.9 Å². The molecule has 0 aliphatic carbocycles. The number of aromatic nitrogens is 2. The molecule has 1 heterocycles. The zero-order chi connectivity index (χ0) is 21.0. The van der Waals surface area contributed by atoms with Crippen LogP contribution in [0, 0.1) is 27.7 Å². The SMILES string of the molecule is Cc1ccc(NC(=O)COC(=O)c2c(C)nn(Cc3ccccc3)c2C)cc1C. The van der Waals surface area contributed by atoms with Crippen LogP contribution < -0.4 is 5.32 Å². The molecule has 150 valence electrons. The fourth-order valence-electron chi connectivity index (χ4n) is 3.12. The minimum atomic E-state index is -0.547. The number of esters is 1. The smallest absolute Gasteiger partial charge is 0.342 e. The number of nitrogens with zero attached hydrogens (tertiary/aromatic N) is 2. The van der Waals surface area contributed by atoms with Crippen molar-refractivity contribution in [3.63, 3.8) is 0 Å². The van der Waals surface area contributed by atoms with Gasteiger partial charge in [-0.05, 0) is 56.5 Å².